The Kier molecular flexibility index (Phi) is 22.4. The molecule has 1 aliphatic rings. The lowest BCUT2D eigenvalue weighted by molar-refractivity contribution is -0.141. The number of carbonyl (C=O) groups excluding carboxylic acids is 2. The van der Waals surface area contributed by atoms with E-state index in [0.29, 0.717) is 31.5 Å². The highest BCUT2D eigenvalue weighted by atomic mass is 16.5. The van der Waals surface area contributed by atoms with Crippen LogP contribution in [0.5, 0.6) is 0 Å². The zero-order chi connectivity index (χ0) is 21.1. The topological polar surface area (TPSA) is 101 Å². The van der Waals surface area contributed by atoms with E-state index in [-0.39, 0.29) is 17.8 Å². The molecule has 0 aromatic heterocycles. The number of aliphatic hydroxyl groups excluding tert-OH is 1. The van der Waals surface area contributed by atoms with E-state index >= 15 is 0 Å². The number of cyclic esters (lactones) is 1. The maximum absolute atomic E-state index is 10.2. The van der Waals surface area contributed by atoms with Crippen LogP contribution < -0.4 is 0 Å². The number of carboxylic acid groups (broad SMARTS) is 1. The minimum Gasteiger partial charge on any atom is -0.481 e. The Labute approximate surface area is 159 Å². The first-order chi connectivity index (χ1) is 12.1. The first kappa shape index (κ1) is 29.3. The van der Waals surface area contributed by atoms with Crippen LogP contribution in [0.1, 0.15) is 74.1 Å². The molecule has 6 nitrogen and oxygen atoms in total. The maximum atomic E-state index is 10.2. The van der Waals surface area contributed by atoms with Crippen molar-refractivity contribution in [2.45, 2.75) is 74.1 Å². The van der Waals surface area contributed by atoms with E-state index in [9.17, 15) is 14.4 Å². The van der Waals surface area contributed by atoms with Crippen molar-refractivity contribution in [3.8, 4) is 0 Å². The zero-order valence-corrected chi connectivity index (χ0v) is 17.7. The van der Waals surface area contributed by atoms with Gasteiger partial charge in [0.25, 0.3) is 0 Å². The van der Waals surface area contributed by atoms with E-state index in [1.54, 1.807) is 6.92 Å². The molecular formula is C20H40O6. The van der Waals surface area contributed by atoms with Crippen LogP contribution >= 0.6 is 0 Å². The third-order valence-electron chi connectivity index (χ3n) is 3.96. The van der Waals surface area contributed by atoms with Gasteiger partial charge in [-0.1, -0.05) is 54.9 Å². The van der Waals surface area contributed by atoms with Crippen molar-refractivity contribution in [2.75, 3.05) is 13.2 Å². The number of aldehydes is 1. The highest BCUT2D eigenvalue weighted by Gasteiger charge is 2.18. The molecule has 0 amide bonds. The van der Waals surface area contributed by atoms with E-state index in [1.165, 1.54) is 0 Å². The van der Waals surface area contributed by atoms with Gasteiger partial charge in [-0.25, -0.2) is 0 Å². The van der Waals surface area contributed by atoms with Gasteiger partial charge in [0.15, 0.2) is 0 Å². The van der Waals surface area contributed by atoms with Crippen molar-refractivity contribution in [3.05, 3.63) is 0 Å². The smallest absolute Gasteiger partial charge is 0.306 e. The summed E-state index contributed by atoms with van der Waals surface area (Å²) in [7, 11) is 0. The fourth-order valence-corrected chi connectivity index (χ4v) is 1.04. The lowest BCUT2D eigenvalue weighted by atomic mass is 10.1. The van der Waals surface area contributed by atoms with E-state index in [0.717, 1.165) is 25.5 Å². The first-order valence-corrected chi connectivity index (χ1v) is 9.53. The van der Waals surface area contributed by atoms with Crippen molar-refractivity contribution < 1.29 is 29.3 Å². The summed E-state index contributed by atoms with van der Waals surface area (Å²) in [6.07, 6.45) is 4.34. The van der Waals surface area contributed by atoms with Gasteiger partial charge >= 0.3 is 11.9 Å². The molecule has 0 saturated carbocycles. The molecule has 26 heavy (non-hydrogen) atoms. The summed E-state index contributed by atoms with van der Waals surface area (Å²) in [6.45, 7) is 14.5. The molecule has 0 bridgehead atoms. The number of aliphatic carboxylic acids is 1. The average Bonchev–Trinajstić information content (AvgIpc) is 3.03. The lowest BCUT2D eigenvalue weighted by Crippen LogP contribution is -2.06. The van der Waals surface area contributed by atoms with Crippen LogP contribution in [0.25, 0.3) is 0 Å². The third-order valence-corrected chi connectivity index (χ3v) is 3.96. The summed E-state index contributed by atoms with van der Waals surface area (Å²) >= 11 is 0. The molecule has 1 fully saturated rings. The molecule has 0 aromatic rings. The number of hydrogen-bond donors (Lipinski definition) is 2. The molecule has 1 heterocycles. The summed E-state index contributed by atoms with van der Waals surface area (Å²) in [5, 5.41) is 16.5. The van der Waals surface area contributed by atoms with Crippen LogP contribution in [0.15, 0.2) is 0 Å². The van der Waals surface area contributed by atoms with Gasteiger partial charge in [-0.2, -0.15) is 0 Å². The molecule has 1 rings (SSSR count). The summed E-state index contributed by atoms with van der Waals surface area (Å²) in [4.78, 5) is 29.9. The predicted molar refractivity (Wildman–Crippen MR) is 104 cm³/mol. The maximum Gasteiger partial charge on any atom is 0.306 e. The molecule has 0 radical (unpaired) electrons. The number of carbonyl (C=O) groups is 3. The quantitative estimate of drug-likeness (QED) is 0.538. The molecule has 156 valence electrons. The summed E-state index contributed by atoms with van der Waals surface area (Å²) in [6, 6.07) is 0. The Bertz CT molecular complexity index is 350. The molecule has 4 atom stereocenters. The average molecular weight is 377 g/mol. The predicted octanol–water partition coefficient (Wildman–Crippen LogP) is 3.94. The second-order valence-corrected chi connectivity index (χ2v) is 6.86. The third kappa shape index (κ3) is 22.6. The van der Waals surface area contributed by atoms with Gasteiger partial charge in [-0.3, -0.25) is 9.59 Å². The molecule has 0 unspecified atom stereocenters. The fraction of sp³-hybridized carbons (Fsp3) is 0.850. The Hall–Kier alpha value is -1.43. The Balaban J connectivity index is -0.000000272. The number of esters is 1. The highest BCUT2D eigenvalue weighted by molar-refractivity contribution is 5.71. The minimum atomic E-state index is -0.706. The second-order valence-electron chi connectivity index (χ2n) is 6.86. The fourth-order valence-electron chi connectivity index (χ4n) is 1.04. The Morgan fingerprint density at radius 1 is 1.19 bits per heavy atom. The zero-order valence-electron chi connectivity index (χ0n) is 17.7. The number of rotatable bonds is 6. The van der Waals surface area contributed by atoms with Gasteiger partial charge in [0, 0.05) is 18.4 Å². The molecular weight excluding hydrogens is 336 g/mol. The monoisotopic (exact) mass is 376 g/mol. The van der Waals surface area contributed by atoms with Crippen molar-refractivity contribution in [1.82, 2.24) is 0 Å². The molecule has 1 saturated heterocycles. The van der Waals surface area contributed by atoms with Crippen LogP contribution in [-0.2, 0) is 19.1 Å². The van der Waals surface area contributed by atoms with Crippen LogP contribution in [0.2, 0.25) is 0 Å². The van der Waals surface area contributed by atoms with Gasteiger partial charge in [0.05, 0.1) is 18.9 Å². The van der Waals surface area contributed by atoms with Crippen LogP contribution in [0.3, 0.4) is 0 Å². The van der Waals surface area contributed by atoms with Crippen molar-refractivity contribution in [1.29, 1.82) is 0 Å². The number of ether oxygens (including phenoxy) is 1. The summed E-state index contributed by atoms with van der Waals surface area (Å²) in [5.41, 5.74) is 0. The van der Waals surface area contributed by atoms with Gasteiger partial charge < -0.3 is 19.7 Å². The van der Waals surface area contributed by atoms with E-state index in [2.05, 4.69) is 11.7 Å². The van der Waals surface area contributed by atoms with Gasteiger partial charge in [0.2, 0.25) is 0 Å². The van der Waals surface area contributed by atoms with Crippen molar-refractivity contribution >= 4 is 18.2 Å². The van der Waals surface area contributed by atoms with Crippen molar-refractivity contribution in [2.24, 2.45) is 23.7 Å². The van der Waals surface area contributed by atoms with Gasteiger partial charge in [-0.05, 0) is 18.8 Å². The van der Waals surface area contributed by atoms with E-state index in [4.69, 9.17) is 10.2 Å². The Morgan fingerprint density at radius 3 is 1.77 bits per heavy atom. The highest BCUT2D eigenvalue weighted by Crippen LogP contribution is 2.11. The van der Waals surface area contributed by atoms with E-state index in [1.807, 2.05) is 34.6 Å². The molecule has 2 N–H and O–H groups in total. The lowest BCUT2D eigenvalue weighted by Gasteiger charge is -1.98. The van der Waals surface area contributed by atoms with E-state index < -0.39 is 5.97 Å². The number of hydrogen-bond acceptors (Lipinski definition) is 5. The van der Waals surface area contributed by atoms with Crippen LogP contribution in [0, 0.1) is 23.7 Å². The second kappa shape index (κ2) is 19.9. The molecule has 0 spiro atoms. The Morgan fingerprint density at radius 2 is 1.73 bits per heavy atom. The largest absolute Gasteiger partial charge is 0.481 e. The molecule has 1 aliphatic heterocycles. The number of carboxylic acids is 1. The molecule has 0 aliphatic carbocycles. The normalized spacial score (nSPS) is 18.3. The van der Waals surface area contributed by atoms with Crippen molar-refractivity contribution in [3.63, 3.8) is 0 Å². The van der Waals surface area contributed by atoms with Crippen LogP contribution in [0.4, 0.5) is 0 Å². The first-order valence-electron chi connectivity index (χ1n) is 9.53. The van der Waals surface area contributed by atoms with Gasteiger partial charge in [-0.15, -0.1) is 0 Å². The summed E-state index contributed by atoms with van der Waals surface area (Å²) < 4.78 is 4.63. The minimum absolute atomic E-state index is 0.0486. The van der Waals surface area contributed by atoms with Gasteiger partial charge in [0.1, 0.15) is 6.29 Å². The van der Waals surface area contributed by atoms with Crippen LogP contribution in [-0.4, -0.2) is 41.7 Å². The summed E-state index contributed by atoms with van der Waals surface area (Å²) in [5.74, 6) is 0.262. The standard InChI is InChI=1S/C5H8O2.C5H10O2.C5H12O.C5H10O/c1-4-2-5(6)7-3-4;1-3-4(2)5(6)7;2*1-3-5(2)4-6/h4H,2-3H2,1H3;4H,3H2,1-2H3,(H,6,7);5-6H,3-4H2,1-2H3;4-5H,3H2,1-2H3/t2*4-;2*5-/m0000/s1. The SMILES string of the molecule is CC[C@H](C)C(=O)O.CC[C@H](C)C=O.CC[C@H](C)CO.C[C@@H]1COC(=O)C1. The number of aliphatic hydroxyl groups is 1. The molecule has 6 heteroatoms. The molecule has 0 aromatic carbocycles.